The third-order valence-corrected chi connectivity index (χ3v) is 4.95. The first kappa shape index (κ1) is 17.7. The largest absolute Gasteiger partial charge is 0.347 e. The number of aromatic nitrogens is 3. The van der Waals surface area contributed by atoms with Gasteiger partial charge in [0.15, 0.2) is 0 Å². The summed E-state index contributed by atoms with van der Waals surface area (Å²) in [7, 11) is 0. The van der Waals surface area contributed by atoms with E-state index in [9.17, 15) is 9.59 Å². The highest BCUT2D eigenvalue weighted by Crippen LogP contribution is 2.28. The molecular weight excluding hydrogens is 342 g/mol. The van der Waals surface area contributed by atoms with Crippen LogP contribution in [0.25, 0.3) is 16.6 Å². The summed E-state index contributed by atoms with van der Waals surface area (Å²) in [4.78, 5) is 28.1. The van der Waals surface area contributed by atoms with E-state index in [1.165, 1.54) is 0 Å². The lowest BCUT2D eigenvalue weighted by Crippen LogP contribution is -2.40. The number of nitrogens with zero attached hydrogens (tertiary/aromatic N) is 2. The highest BCUT2D eigenvalue weighted by Gasteiger charge is 2.24. The van der Waals surface area contributed by atoms with Crippen LogP contribution in [-0.2, 0) is 0 Å². The monoisotopic (exact) mass is 367 g/mol. The van der Waals surface area contributed by atoms with Crippen molar-refractivity contribution in [3.05, 3.63) is 45.9 Å². The summed E-state index contributed by atoms with van der Waals surface area (Å²) in [5, 5.41) is 11.8. The van der Waals surface area contributed by atoms with Crippen molar-refractivity contribution in [1.82, 2.24) is 25.2 Å². The SMILES string of the molecule is CC(C)(C)NC(=O)c1cccc2nn3c(C4CCNCC4)cc(=O)[nH]c3c12. The van der Waals surface area contributed by atoms with Gasteiger partial charge in [0.25, 0.3) is 11.5 Å². The highest BCUT2D eigenvalue weighted by molar-refractivity contribution is 6.11. The predicted molar refractivity (Wildman–Crippen MR) is 105 cm³/mol. The van der Waals surface area contributed by atoms with Crippen LogP contribution in [0.3, 0.4) is 0 Å². The minimum atomic E-state index is -0.351. The normalized spacial score (nSPS) is 16.1. The standard InChI is InChI=1S/C20H25N5O2/c1-20(2,3)23-19(27)13-5-4-6-14-17(13)18-22-16(26)11-15(25(18)24-14)12-7-9-21-10-8-12/h4-6,11-12,21H,7-10H2,1-3H3,(H,22,26)(H,23,27). The maximum Gasteiger partial charge on any atom is 0.252 e. The van der Waals surface area contributed by atoms with Gasteiger partial charge >= 0.3 is 0 Å². The third kappa shape index (κ3) is 3.35. The summed E-state index contributed by atoms with van der Waals surface area (Å²) in [5.41, 5.74) is 2.21. The number of carbonyl (C=O) groups is 1. The van der Waals surface area contributed by atoms with Gasteiger partial charge in [-0.2, -0.15) is 5.10 Å². The van der Waals surface area contributed by atoms with E-state index in [4.69, 9.17) is 5.10 Å². The lowest BCUT2D eigenvalue weighted by molar-refractivity contribution is 0.0921. The molecule has 0 saturated carbocycles. The second-order valence-corrected chi connectivity index (χ2v) is 8.25. The predicted octanol–water partition coefficient (Wildman–Crippen LogP) is 2.17. The Bertz CT molecular complexity index is 1070. The number of fused-ring (bicyclic) bond motifs is 3. The summed E-state index contributed by atoms with van der Waals surface area (Å²) in [6.07, 6.45) is 1.93. The van der Waals surface area contributed by atoms with Gasteiger partial charge in [-0.05, 0) is 58.8 Å². The van der Waals surface area contributed by atoms with Gasteiger partial charge in [0.2, 0.25) is 0 Å². The van der Waals surface area contributed by atoms with Crippen LogP contribution in [0.1, 0.15) is 55.6 Å². The van der Waals surface area contributed by atoms with E-state index >= 15 is 0 Å². The van der Waals surface area contributed by atoms with Crippen LogP contribution < -0.4 is 16.2 Å². The number of hydrogen-bond donors (Lipinski definition) is 3. The second kappa shape index (κ2) is 6.49. The Hall–Kier alpha value is -2.67. The Morgan fingerprint density at radius 3 is 2.70 bits per heavy atom. The van der Waals surface area contributed by atoms with Gasteiger partial charge in [-0.1, -0.05) is 6.07 Å². The van der Waals surface area contributed by atoms with E-state index in [0.717, 1.165) is 31.6 Å². The van der Waals surface area contributed by atoms with Crippen molar-refractivity contribution in [3.8, 4) is 0 Å². The number of hydrogen-bond acceptors (Lipinski definition) is 4. The minimum Gasteiger partial charge on any atom is -0.347 e. The molecule has 1 fully saturated rings. The summed E-state index contributed by atoms with van der Waals surface area (Å²) in [5.74, 6) is 0.105. The van der Waals surface area contributed by atoms with Gasteiger partial charge < -0.3 is 15.6 Å². The Morgan fingerprint density at radius 1 is 1.26 bits per heavy atom. The first-order chi connectivity index (χ1) is 12.8. The van der Waals surface area contributed by atoms with Crippen molar-refractivity contribution in [2.45, 2.75) is 45.1 Å². The lowest BCUT2D eigenvalue weighted by atomic mass is 9.94. The fraction of sp³-hybridized carbons (Fsp3) is 0.450. The molecule has 3 aromatic rings. The number of aromatic amines is 1. The lowest BCUT2D eigenvalue weighted by Gasteiger charge is -2.23. The van der Waals surface area contributed by atoms with Gasteiger partial charge in [0.1, 0.15) is 5.65 Å². The van der Waals surface area contributed by atoms with Crippen molar-refractivity contribution in [2.75, 3.05) is 13.1 Å². The number of rotatable bonds is 2. The molecule has 0 bridgehead atoms. The van der Waals surface area contributed by atoms with Gasteiger partial charge in [0.05, 0.1) is 22.2 Å². The average Bonchev–Trinajstić information content (AvgIpc) is 2.99. The molecule has 7 heteroatoms. The number of nitrogens with one attached hydrogen (secondary N) is 3. The molecule has 1 aliphatic heterocycles. The van der Waals surface area contributed by atoms with Gasteiger partial charge in [-0.3, -0.25) is 9.59 Å². The molecule has 1 aromatic carbocycles. The molecule has 3 N–H and O–H groups in total. The molecular formula is C20H25N5O2. The van der Waals surface area contributed by atoms with Crippen molar-refractivity contribution in [2.24, 2.45) is 0 Å². The summed E-state index contributed by atoms with van der Waals surface area (Å²) in [6.45, 7) is 7.69. The Labute approximate surface area is 157 Å². The Balaban J connectivity index is 1.93. The van der Waals surface area contributed by atoms with Crippen LogP contribution in [0.2, 0.25) is 0 Å². The van der Waals surface area contributed by atoms with Crippen molar-refractivity contribution < 1.29 is 4.79 Å². The van der Waals surface area contributed by atoms with Gasteiger partial charge in [-0.15, -0.1) is 0 Å². The molecule has 27 heavy (non-hydrogen) atoms. The summed E-state index contributed by atoms with van der Waals surface area (Å²) < 4.78 is 1.82. The average molecular weight is 367 g/mol. The van der Waals surface area contributed by atoms with E-state index in [-0.39, 0.29) is 22.9 Å². The van der Waals surface area contributed by atoms with Crippen LogP contribution in [0.4, 0.5) is 0 Å². The number of piperidine rings is 1. The first-order valence-corrected chi connectivity index (χ1v) is 9.41. The Kier molecular flexibility index (Phi) is 4.26. The molecule has 0 unspecified atom stereocenters. The van der Waals surface area contributed by atoms with Gasteiger partial charge in [-0.25, -0.2) is 4.52 Å². The first-order valence-electron chi connectivity index (χ1n) is 9.41. The molecule has 1 aliphatic rings. The molecule has 3 heterocycles. The van der Waals surface area contributed by atoms with Crippen molar-refractivity contribution >= 4 is 22.5 Å². The van der Waals surface area contributed by atoms with E-state index in [1.807, 2.05) is 37.4 Å². The van der Waals surface area contributed by atoms with E-state index < -0.39 is 0 Å². The molecule has 142 valence electrons. The number of carbonyl (C=O) groups excluding carboxylic acids is 1. The zero-order chi connectivity index (χ0) is 19.2. The number of H-pyrrole nitrogens is 1. The molecule has 4 rings (SSSR count). The fourth-order valence-electron chi connectivity index (χ4n) is 3.79. The van der Waals surface area contributed by atoms with E-state index in [0.29, 0.717) is 22.1 Å². The van der Waals surface area contributed by atoms with Crippen molar-refractivity contribution in [1.29, 1.82) is 0 Å². The van der Waals surface area contributed by atoms with E-state index in [1.54, 1.807) is 12.1 Å². The number of benzene rings is 1. The Morgan fingerprint density at radius 2 is 2.00 bits per heavy atom. The topological polar surface area (TPSA) is 91.3 Å². The molecule has 0 aliphatic carbocycles. The molecule has 7 nitrogen and oxygen atoms in total. The maximum absolute atomic E-state index is 12.8. The van der Waals surface area contributed by atoms with Crippen molar-refractivity contribution in [3.63, 3.8) is 0 Å². The molecule has 0 radical (unpaired) electrons. The van der Waals surface area contributed by atoms with Crippen LogP contribution in [0.15, 0.2) is 29.1 Å². The zero-order valence-corrected chi connectivity index (χ0v) is 15.9. The zero-order valence-electron chi connectivity index (χ0n) is 15.9. The number of amides is 1. The molecule has 2 aromatic heterocycles. The minimum absolute atomic E-state index is 0.163. The third-order valence-electron chi connectivity index (χ3n) is 4.95. The molecule has 0 spiro atoms. The van der Waals surface area contributed by atoms with Crippen LogP contribution in [0, 0.1) is 0 Å². The van der Waals surface area contributed by atoms with Gasteiger partial charge in [0, 0.05) is 17.5 Å². The second-order valence-electron chi connectivity index (χ2n) is 8.25. The maximum atomic E-state index is 12.8. The van der Waals surface area contributed by atoms with Crippen LogP contribution in [0.5, 0.6) is 0 Å². The van der Waals surface area contributed by atoms with E-state index in [2.05, 4.69) is 15.6 Å². The van der Waals surface area contributed by atoms with Crippen LogP contribution >= 0.6 is 0 Å². The summed E-state index contributed by atoms with van der Waals surface area (Å²) in [6, 6.07) is 7.12. The fourth-order valence-corrected chi connectivity index (χ4v) is 3.79. The summed E-state index contributed by atoms with van der Waals surface area (Å²) >= 11 is 0. The molecule has 1 amide bonds. The molecule has 1 saturated heterocycles. The quantitative estimate of drug-likeness (QED) is 0.647. The smallest absolute Gasteiger partial charge is 0.252 e. The van der Waals surface area contributed by atoms with Crippen LogP contribution in [-0.4, -0.2) is 39.1 Å². The highest BCUT2D eigenvalue weighted by atomic mass is 16.2. The molecule has 0 atom stereocenters.